The molecule has 0 unspecified atom stereocenters. The monoisotopic (exact) mass is 195 g/mol. The summed E-state index contributed by atoms with van der Waals surface area (Å²) in [4.78, 5) is 4.35. The molecule has 1 aromatic heterocycles. The second-order valence-corrected chi connectivity index (χ2v) is 3.25. The van der Waals surface area contributed by atoms with E-state index in [0.717, 1.165) is 35.5 Å². The largest absolute Gasteiger partial charge is 0.496 e. The Labute approximate surface area is 84.4 Å². The van der Waals surface area contributed by atoms with Gasteiger partial charge < -0.3 is 4.74 Å². The lowest BCUT2D eigenvalue weighted by atomic mass is 10.1. The highest BCUT2D eigenvalue weighted by molar-refractivity contribution is 5.41. The molecule has 78 valence electrons. The van der Waals surface area contributed by atoms with Crippen LogP contribution >= 0.6 is 0 Å². The first-order valence-electron chi connectivity index (χ1n) is 4.63. The van der Waals surface area contributed by atoms with Gasteiger partial charge in [0.15, 0.2) is 0 Å². The molecule has 1 aromatic rings. The van der Waals surface area contributed by atoms with Crippen LogP contribution in [0.25, 0.3) is 0 Å². The van der Waals surface area contributed by atoms with Crippen molar-refractivity contribution >= 4 is 0 Å². The minimum Gasteiger partial charge on any atom is -0.496 e. The number of ether oxygens (including phenoxy) is 1. The van der Waals surface area contributed by atoms with Crippen LogP contribution in [0, 0.1) is 13.8 Å². The van der Waals surface area contributed by atoms with Crippen molar-refractivity contribution in [1.82, 2.24) is 10.4 Å². The summed E-state index contributed by atoms with van der Waals surface area (Å²) in [5, 5.41) is 0. The maximum absolute atomic E-state index is 5.30. The van der Waals surface area contributed by atoms with Crippen molar-refractivity contribution < 1.29 is 4.74 Å². The maximum atomic E-state index is 5.30. The molecular formula is C10H17N3O. The molecule has 0 amide bonds. The Hall–Kier alpha value is -1.13. The summed E-state index contributed by atoms with van der Waals surface area (Å²) < 4.78 is 5.30. The quantitative estimate of drug-likeness (QED) is 0.549. The number of aromatic nitrogens is 1. The van der Waals surface area contributed by atoms with Crippen LogP contribution in [0.1, 0.15) is 16.8 Å². The zero-order chi connectivity index (χ0) is 10.6. The molecule has 1 heterocycles. The molecule has 4 heteroatoms. The number of nitrogens with zero attached hydrogens (tertiary/aromatic N) is 1. The predicted octanol–water partition coefficient (Wildman–Crippen LogP) is 0.713. The van der Waals surface area contributed by atoms with Crippen molar-refractivity contribution in [3.8, 4) is 5.75 Å². The van der Waals surface area contributed by atoms with Crippen molar-refractivity contribution in [2.75, 3.05) is 13.7 Å². The fraction of sp³-hybridized carbons (Fsp3) is 0.500. The van der Waals surface area contributed by atoms with Gasteiger partial charge in [-0.1, -0.05) is 0 Å². The smallest absolute Gasteiger partial charge is 0.128 e. The van der Waals surface area contributed by atoms with Gasteiger partial charge >= 0.3 is 0 Å². The lowest BCUT2D eigenvalue weighted by molar-refractivity contribution is 0.406. The van der Waals surface area contributed by atoms with Gasteiger partial charge in [-0.15, -0.1) is 0 Å². The third-order valence-corrected chi connectivity index (χ3v) is 2.26. The summed E-state index contributed by atoms with van der Waals surface area (Å²) in [6.07, 6.45) is 2.65. The Kier molecular flexibility index (Phi) is 3.85. The Morgan fingerprint density at radius 2 is 2.21 bits per heavy atom. The fourth-order valence-electron chi connectivity index (χ4n) is 1.51. The molecule has 0 fully saturated rings. The van der Waals surface area contributed by atoms with Gasteiger partial charge in [-0.3, -0.25) is 16.3 Å². The minimum atomic E-state index is 0.722. The third-order valence-electron chi connectivity index (χ3n) is 2.26. The van der Waals surface area contributed by atoms with Crippen LogP contribution in [0.3, 0.4) is 0 Å². The summed E-state index contributed by atoms with van der Waals surface area (Å²) >= 11 is 0. The average Bonchev–Trinajstić information content (AvgIpc) is 2.18. The molecule has 3 N–H and O–H groups in total. The second-order valence-electron chi connectivity index (χ2n) is 3.25. The number of rotatable bonds is 4. The molecule has 0 saturated carbocycles. The zero-order valence-electron chi connectivity index (χ0n) is 8.92. The van der Waals surface area contributed by atoms with Gasteiger partial charge in [0.25, 0.3) is 0 Å². The van der Waals surface area contributed by atoms with Crippen LogP contribution < -0.4 is 16.0 Å². The first-order valence-corrected chi connectivity index (χ1v) is 4.63. The number of hydrogen-bond acceptors (Lipinski definition) is 4. The Morgan fingerprint density at radius 1 is 1.50 bits per heavy atom. The lowest BCUT2D eigenvalue weighted by Gasteiger charge is -2.11. The van der Waals surface area contributed by atoms with Crippen molar-refractivity contribution in [3.63, 3.8) is 0 Å². The van der Waals surface area contributed by atoms with E-state index >= 15 is 0 Å². The molecule has 0 radical (unpaired) electrons. The van der Waals surface area contributed by atoms with Crippen molar-refractivity contribution in [2.24, 2.45) is 5.84 Å². The van der Waals surface area contributed by atoms with Crippen LogP contribution in [0.2, 0.25) is 0 Å². The molecule has 14 heavy (non-hydrogen) atoms. The van der Waals surface area contributed by atoms with Crippen LogP contribution in [-0.4, -0.2) is 18.6 Å². The van der Waals surface area contributed by atoms with Gasteiger partial charge in [-0.05, 0) is 13.8 Å². The standard InChI is InChI=1S/C10H17N3O/c1-7-6-12-9(4-5-13-11)8(2)10(7)14-3/h6,13H,4-5,11H2,1-3H3. The van der Waals surface area contributed by atoms with Gasteiger partial charge in [-0.25, -0.2) is 0 Å². The molecule has 1 rings (SSSR count). The van der Waals surface area contributed by atoms with Gasteiger partial charge in [0.05, 0.1) is 7.11 Å². The average molecular weight is 195 g/mol. The van der Waals surface area contributed by atoms with Crippen LogP contribution in [0.4, 0.5) is 0 Å². The van der Waals surface area contributed by atoms with E-state index in [2.05, 4.69) is 10.4 Å². The normalized spacial score (nSPS) is 10.3. The number of aryl methyl sites for hydroxylation is 1. The SMILES string of the molecule is COc1c(C)cnc(CCNN)c1C. The second kappa shape index (κ2) is 4.93. The Bertz CT molecular complexity index is 312. The van der Waals surface area contributed by atoms with Crippen LogP contribution in [-0.2, 0) is 6.42 Å². The third kappa shape index (κ3) is 2.21. The van der Waals surface area contributed by atoms with Crippen LogP contribution in [0.5, 0.6) is 5.75 Å². The first-order chi connectivity index (χ1) is 6.70. The summed E-state index contributed by atoms with van der Waals surface area (Å²) in [5.41, 5.74) is 5.81. The number of pyridine rings is 1. The predicted molar refractivity (Wildman–Crippen MR) is 56.2 cm³/mol. The van der Waals surface area contributed by atoms with Crippen LogP contribution in [0.15, 0.2) is 6.20 Å². The maximum Gasteiger partial charge on any atom is 0.128 e. The molecule has 4 nitrogen and oxygen atoms in total. The molecule has 0 aromatic carbocycles. The van der Waals surface area contributed by atoms with Gasteiger partial charge in [0, 0.05) is 36.0 Å². The van der Waals surface area contributed by atoms with E-state index in [1.54, 1.807) is 7.11 Å². The van der Waals surface area contributed by atoms with E-state index < -0.39 is 0 Å². The van der Waals surface area contributed by atoms with E-state index in [0.29, 0.717) is 0 Å². The number of nitrogens with one attached hydrogen (secondary N) is 1. The number of hydrogen-bond donors (Lipinski definition) is 2. The molecule has 0 spiro atoms. The number of methoxy groups -OCH3 is 1. The number of nitrogens with two attached hydrogens (primary N) is 1. The molecular weight excluding hydrogens is 178 g/mol. The molecule has 0 aliphatic heterocycles. The zero-order valence-corrected chi connectivity index (χ0v) is 8.92. The van der Waals surface area contributed by atoms with E-state index in [9.17, 15) is 0 Å². The lowest BCUT2D eigenvalue weighted by Crippen LogP contribution is -2.25. The summed E-state index contributed by atoms with van der Waals surface area (Å²) in [5.74, 6) is 6.14. The van der Waals surface area contributed by atoms with Crippen molar-refractivity contribution in [2.45, 2.75) is 20.3 Å². The molecule has 0 atom stereocenters. The summed E-state index contributed by atoms with van der Waals surface area (Å²) in [6, 6.07) is 0. The van der Waals surface area contributed by atoms with Crippen molar-refractivity contribution in [3.05, 3.63) is 23.0 Å². The molecule has 0 aliphatic carbocycles. The fourth-order valence-corrected chi connectivity index (χ4v) is 1.51. The highest BCUT2D eigenvalue weighted by atomic mass is 16.5. The summed E-state index contributed by atoms with van der Waals surface area (Å²) in [6.45, 7) is 4.73. The van der Waals surface area contributed by atoms with E-state index in [4.69, 9.17) is 10.6 Å². The molecule has 0 aliphatic rings. The van der Waals surface area contributed by atoms with E-state index in [-0.39, 0.29) is 0 Å². The van der Waals surface area contributed by atoms with Gasteiger partial charge in [0.1, 0.15) is 5.75 Å². The number of hydrazine groups is 1. The Morgan fingerprint density at radius 3 is 2.79 bits per heavy atom. The summed E-state index contributed by atoms with van der Waals surface area (Å²) in [7, 11) is 1.68. The van der Waals surface area contributed by atoms with Gasteiger partial charge in [0.2, 0.25) is 0 Å². The molecule has 0 saturated heterocycles. The highest BCUT2D eigenvalue weighted by Gasteiger charge is 2.08. The van der Waals surface area contributed by atoms with Crippen molar-refractivity contribution in [1.29, 1.82) is 0 Å². The Balaban J connectivity index is 2.96. The van der Waals surface area contributed by atoms with Gasteiger partial charge in [-0.2, -0.15) is 0 Å². The first kappa shape index (κ1) is 10.9. The molecule has 0 bridgehead atoms. The topological polar surface area (TPSA) is 60.2 Å². The van der Waals surface area contributed by atoms with E-state index in [1.165, 1.54) is 0 Å². The highest BCUT2D eigenvalue weighted by Crippen LogP contribution is 2.23. The van der Waals surface area contributed by atoms with E-state index in [1.807, 2.05) is 20.0 Å². The minimum absolute atomic E-state index is 0.722.